The molecule has 0 aliphatic heterocycles. The third-order valence-corrected chi connectivity index (χ3v) is 4.88. The molecule has 2 N–H and O–H groups in total. The molecule has 2 saturated carbocycles. The van der Waals surface area contributed by atoms with E-state index in [-0.39, 0.29) is 0 Å². The second-order valence-corrected chi connectivity index (χ2v) is 5.05. The van der Waals surface area contributed by atoms with E-state index in [2.05, 4.69) is 13.8 Å². The highest BCUT2D eigenvalue weighted by Crippen LogP contribution is 2.69. The molecule has 76 valence electrons. The number of nitrogens with two attached hydrogens (primary N) is 1. The van der Waals surface area contributed by atoms with Crippen molar-refractivity contribution in [2.24, 2.45) is 28.9 Å². The minimum absolute atomic E-state index is 0.622. The summed E-state index contributed by atoms with van der Waals surface area (Å²) >= 11 is 0. The third-order valence-electron chi connectivity index (χ3n) is 4.88. The number of rotatable bonds is 4. The Balaban J connectivity index is 2.04. The van der Waals surface area contributed by atoms with Crippen molar-refractivity contribution in [3.63, 3.8) is 0 Å². The molecule has 0 bridgehead atoms. The van der Waals surface area contributed by atoms with E-state index >= 15 is 0 Å². The minimum Gasteiger partial charge on any atom is -0.330 e. The van der Waals surface area contributed by atoms with Gasteiger partial charge in [-0.15, -0.1) is 0 Å². The standard InChI is InChI=1S/C12H23N/c1-3-5-10-9(4-2)11-6-7-12(10,11)8-13/h9-11H,3-8,13H2,1-2H3. The van der Waals surface area contributed by atoms with Gasteiger partial charge in [-0.3, -0.25) is 0 Å². The Hall–Kier alpha value is -0.0400. The van der Waals surface area contributed by atoms with Gasteiger partial charge >= 0.3 is 0 Å². The van der Waals surface area contributed by atoms with Crippen molar-refractivity contribution in [3.8, 4) is 0 Å². The van der Waals surface area contributed by atoms with Crippen molar-refractivity contribution in [1.29, 1.82) is 0 Å². The van der Waals surface area contributed by atoms with Crippen molar-refractivity contribution in [2.45, 2.75) is 46.0 Å². The average Bonchev–Trinajstić information content (AvgIpc) is 2.12. The Bertz CT molecular complexity index is 186. The largest absolute Gasteiger partial charge is 0.330 e. The first-order valence-electron chi connectivity index (χ1n) is 6.00. The van der Waals surface area contributed by atoms with Crippen LogP contribution < -0.4 is 5.73 Å². The molecule has 0 aromatic carbocycles. The smallest absolute Gasteiger partial charge is 0.00150 e. The summed E-state index contributed by atoms with van der Waals surface area (Å²) in [7, 11) is 0. The van der Waals surface area contributed by atoms with Crippen molar-refractivity contribution in [3.05, 3.63) is 0 Å². The van der Waals surface area contributed by atoms with Gasteiger partial charge in [0.05, 0.1) is 0 Å². The van der Waals surface area contributed by atoms with Crippen LogP contribution in [0.3, 0.4) is 0 Å². The molecule has 2 aliphatic carbocycles. The molecule has 4 unspecified atom stereocenters. The van der Waals surface area contributed by atoms with Crippen molar-refractivity contribution in [1.82, 2.24) is 0 Å². The lowest BCUT2D eigenvalue weighted by Crippen LogP contribution is -2.66. The zero-order chi connectivity index (χ0) is 9.47. The summed E-state index contributed by atoms with van der Waals surface area (Å²) in [5, 5.41) is 0. The van der Waals surface area contributed by atoms with E-state index in [1.807, 2.05) is 0 Å². The molecule has 0 saturated heterocycles. The zero-order valence-electron chi connectivity index (χ0n) is 9.05. The summed E-state index contributed by atoms with van der Waals surface area (Å²) in [6.45, 7) is 5.62. The predicted octanol–water partition coefficient (Wildman–Crippen LogP) is 2.80. The van der Waals surface area contributed by atoms with E-state index in [0.717, 1.165) is 24.3 Å². The fourth-order valence-electron chi connectivity index (χ4n) is 4.16. The summed E-state index contributed by atoms with van der Waals surface area (Å²) in [4.78, 5) is 0. The molecule has 2 rings (SSSR count). The molecule has 0 heterocycles. The fourth-order valence-corrected chi connectivity index (χ4v) is 4.16. The highest BCUT2D eigenvalue weighted by Gasteiger charge is 2.63. The summed E-state index contributed by atoms with van der Waals surface area (Å²) in [6.07, 6.45) is 7.05. The third kappa shape index (κ3) is 1.03. The molecule has 0 aromatic heterocycles. The predicted molar refractivity (Wildman–Crippen MR) is 56.4 cm³/mol. The van der Waals surface area contributed by atoms with E-state index < -0.39 is 0 Å². The average molecular weight is 181 g/mol. The van der Waals surface area contributed by atoms with Crippen LogP contribution in [0.1, 0.15) is 46.0 Å². The van der Waals surface area contributed by atoms with Gasteiger partial charge in [0.15, 0.2) is 0 Å². The maximum Gasteiger partial charge on any atom is -0.00150 e. The molecule has 2 fully saturated rings. The molecule has 2 aliphatic rings. The van der Waals surface area contributed by atoms with Crippen LogP contribution in [-0.2, 0) is 0 Å². The molecular weight excluding hydrogens is 158 g/mol. The van der Waals surface area contributed by atoms with Crippen LogP contribution in [0.5, 0.6) is 0 Å². The van der Waals surface area contributed by atoms with Crippen LogP contribution in [0.25, 0.3) is 0 Å². The van der Waals surface area contributed by atoms with Crippen LogP contribution in [0.15, 0.2) is 0 Å². The van der Waals surface area contributed by atoms with Crippen LogP contribution in [-0.4, -0.2) is 6.54 Å². The van der Waals surface area contributed by atoms with Gasteiger partial charge in [0.1, 0.15) is 0 Å². The molecule has 13 heavy (non-hydrogen) atoms. The van der Waals surface area contributed by atoms with Crippen LogP contribution in [0, 0.1) is 23.2 Å². The van der Waals surface area contributed by atoms with Gasteiger partial charge in [0, 0.05) is 0 Å². The molecule has 0 spiro atoms. The summed E-state index contributed by atoms with van der Waals surface area (Å²) < 4.78 is 0. The normalized spacial score (nSPS) is 47.8. The van der Waals surface area contributed by atoms with Gasteiger partial charge in [-0.1, -0.05) is 26.7 Å². The first-order chi connectivity index (χ1) is 6.30. The Labute approximate surface area is 82.1 Å². The lowest BCUT2D eigenvalue weighted by atomic mass is 9.36. The summed E-state index contributed by atoms with van der Waals surface area (Å²) in [5.74, 6) is 3.02. The summed E-state index contributed by atoms with van der Waals surface area (Å²) in [5.41, 5.74) is 6.57. The summed E-state index contributed by atoms with van der Waals surface area (Å²) in [6, 6.07) is 0. The molecule has 4 atom stereocenters. The SMILES string of the molecule is CCCC1C(CC)C2CCC12CN. The lowest BCUT2D eigenvalue weighted by molar-refractivity contribution is -0.198. The number of hydrogen-bond acceptors (Lipinski definition) is 1. The van der Waals surface area contributed by atoms with Gasteiger partial charge in [-0.2, -0.15) is 0 Å². The first-order valence-corrected chi connectivity index (χ1v) is 6.00. The van der Waals surface area contributed by atoms with Crippen molar-refractivity contribution >= 4 is 0 Å². The van der Waals surface area contributed by atoms with E-state index in [0.29, 0.717) is 5.41 Å². The maximum absolute atomic E-state index is 5.95. The fraction of sp³-hybridized carbons (Fsp3) is 1.00. The molecule has 0 aromatic rings. The number of hydrogen-bond donors (Lipinski definition) is 1. The van der Waals surface area contributed by atoms with Gasteiger partial charge in [0.2, 0.25) is 0 Å². The second kappa shape index (κ2) is 3.27. The van der Waals surface area contributed by atoms with E-state index in [1.165, 1.54) is 32.1 Å². The van der Waals surface area contributed by atoms with E-state index in [4.69, 9.17) is 5.73 Å². The minimum atomic E-state index is 0.622. The van der Waals surface area contributed by atoms with Gasteiger partial charge in [-0.05, 0) is 49.0 Å². The second-order valence-electron chi connectivity index (χ2n) is 5.05. The molecule has 1 heteroatoms. The quantitative estimate of drug-likeness (QED) is 0.709. The monoisotopic (exact) mass is 181 g/mol. The van der Waals surface area contributed by atoms with Gasteiger partial charge in [0.25, 0.3) is 0 Å². The lowest BCUT2D eigenvalue weighted by Gasteiger charge is -2.69. The molecule has 0 radical (unpaired) electrons. The van der Waals surface area contributed by atoms with Crippen LogP contribution >= 0.6 is 0 Å². The maximum atomic E-state index is 5.95. The highest BCUT2D eigenvalue weighted by atomic mass is 14.8. The van der Waals surface area contributed by atoms with Gasteiger partial charge < -0.3 is 5.73 Å². The van der Waals surface area contributed by atoms with Crippen molar-refractivity contribution < 1.29 is 0 Å². The number of fused-ring (bicyclic) bond motifs is 1. The molecular formula is C12H23N. The molecule has 1 nitrogen and oxygen atoms in total. The van der Waals surface area contributed by atoms with Gasteiger partial charge in [-0.25, -0.2) is 0 Å². The Morgan fingerprint density at radius 2 is 2.15 bits per heavy atom. The topological polar surface area (TPSA) is 26.0 Å². The molecule has 0 amide bonds. The van der Waals surface area contributed by atoms with Crippen LogP contribution in [0.2, 0.25) is 0 Å². The Morgan fingerprint density at radius 1 is 1.38 bits per heavy atom. The Kier molecular flexibility index (Phi) is 2.39. The zero-order valence-corrected chi connectivity index (χ0v) is 9.05. The van der Waals surface area contributed by atoms with Crippen molar-refractivity contribution in [2.75, 3.05) is 6.54 Å². The Morgan fingerprint density at radius 3 is 2.54 bits per heavy atom. The van der Waals surface area contributed by atoms with E-state index in [9.17, 15) is 0 Å². The highest BCUT2D eigenvalue weighted by molar-refractivity contribution is 5.13. The van der Waals surface area contributed by atoms with Crippen LogP contribution in [0.4, 0.5) is 0 Å². The first kappa shape index (κ1) is 9.51. The van der Waals surface area contributed by atoms with E-state index in [1.54, 1.807) is 0 Å².